The van der Waals surface area contributed by atoms with Crippen molar-refractivity contribution in [2.24, 2.45) is 0 Å². The maximum absolute atomic E-state index is 7.62. The van der Waals surface area contributed by atoms with Crippen LogP contribution in [0.5, 0.6) is 0 Å². The Bertz CT molecular complexity index is 175. The zero-order chi connectivity index (χ0) is 9.23. The fourth-order valence-electron chi connectivity index (χ4n) is 0.605. The van der Waals surface area contributed by atoms with Gasteiger partial charge in [0.15, 0.2) is 0 Å². The summed E-state index contributed by atoms with van der Waals surface area (Å²) in [4.78, 5) is 0. The smallest absolute Gasteiger partial charge is 0.0662 e. The van der Waals surface area contributed by atoms with Crippen molar-refractivity contribution in [2.75, 3.05) is 25.6 Å². The summed E-state index contributed by atoms with van der Waals surface area (Å²) in [5.74, 6) is 0. The molecule has 0 saturated carbocycles. The number of aliphatic hydroxyl groups is 2. The molecule has 0 spiro atoms. The molecule has 0 fully saturated rings. The number of hydrogen-bond donors (Lipinski definition) is 3. The highest BCUT2D eigenvalue weighted by Crippen LogP contribution is 2.01. The van der Waals surface area contributed by atoms with Gasteiger partial charge in [-0.15, -0.1) is 0 Å². The van der Waals surface area contributed by atoms with Crippen molar-refractivity contribution in [1.82, 2.24) is 0 Å². The van der Waals surface area contributed by atoms with Gasteiger partial charge in [-0.25, -0.2) is 0 Å². The Morgan fingerprint density at radius 3 is 1.83 bits per heavy atom. The number of nitrogens with one attached hydrogen (secondary N) is 1. The molecule has 3 heteroatoms. The third-order valence-electron chi connectivity index (χ3n) is 1.16. The van der Waals surface area contributed by atoms with E-state index in [1.165, 1.54) is 0 Å². The summed E-state index contributed by atoms with van der Waals surface area (Å²) in [5.41, 5.74) is 1.16. The molecule has 1 aromatic carbocycles. The van der Waals surface area contributed by atoms with Gasteiger partial charge in [0, 0.05) is 12.7 Å². The van der Waals surface area contributed by atoms with Crippen molar-refractivity contribution in [2.45, 2.75) is 0 Å². The Hall–Kier alpha value is -1.06. The zero-order valence-electron chi connectivity index (χ0n) is 7.20. The van der Waals surface area contributed by atoms with Crippen molar-refractivity contribution < 1.29 is 10.2 Å². The molecule has 1 aromatic rings. The van der Waals surface area contributed by atoms with E-state index in [4.69, 9.17) is 10.2 Å². The molecular weight excluding hydrogens is 154 g/mol. The molecule has 0 radical (unpaired) electrons. The topological polar surface area (TPSA) is 52.5 Å². The summed E-state index contributed by atoms with van der Waals surface area (Å²) in [6.45, 7) is -0.250. The SMILES string of the molecule is CNc1ccccc1.OCCO. The van der Waals surface area contributed by atoms with E-state index < -0.39 is 0 Å². The molecule has 0 heterocycles. The van der Waals surface area contributed by atoms with Crippen molar-refractivity contribution in [1.29, 1.82) is 0 Å². The molecule has 0 bridgehead atoms. The molecule has 68 valence electrons. The summed E-state index contributed by atoms with van der Waals surface area (Å²) < 4.78 is 0. The van der Waals surface area contributed by atoms with E-state index in [0.29, 0.717) is 0 Å². The van der Waals surface area contributed by atoms with Crippen LogP contribution in [-0.2, 0) is 0 Å². The predicted octanol–water partition coefficient (Wildman–Crippen LogP) is 0.699. The van der Waals surface area contributed by atoms with Gasteiger partial charge in [0.1, 0.15) is 0 Å². The van der Waals surface area contributed by atoms with Gasteiger partial charge < -0.3 is 15.5 Å². The van der Waals surface area contributed by atoms with Crippen molar-refractivity contribution >= 4 is 5.69 Å². The van der Waals surface area contributed by atoms with E-state index in [1.54, 1.807) is 0 Å². The summed E-state index contributed by atoms with van der Waals surface area (Å²) >= 11 is 0. The van der Waals surface area contributed by atoms with Gasteiger partial charge in [0.05, 0.1) is 13.2 Å². The number of para-hydroxylation sites is 1. The second-order valence-corrected chi connectivity index (χ2v) is 2.06. The third kappa shape index (κ3) is 5.70. The number of anilines is 1. The van der Waals surface area contributed by atoms with Crippen LogP contribution in [0.25, 0.3) is 0 Å². The highest BCUT2D eigenvalue weighted by Gasteiger charge is 1.77. The molecule has 1 rings (SSSR count). The fraction of sp³-hybridized carbons (Fsp3) is 0.333. The van der Waals surface area contributed by atoms with Crippen LogP contribution in [0.4, 0.5) is 5.69 Å². The Labute approximate surface area is 72.7 Å². The van der Waals surface area contributed by atoms with E-state index in [0.717, 1.165) is 5.69 Å². The second kappa shape index (κ2) is 8.04. The summed E-state index contributed by atoms with van der Waals surface area (Å²) in [5, 5.41) is 18.3. The lowest BCUT2D eigenvalue weighted by molar-refractivity contribution is 0.186. The van der Waals surface area contributed by atoms with Gasteiger partial charge in [-0.2, -0.15) is 0 Å². The van der Waals surface area contributed by atoms with Gasteiger partial charge in [-0.05, 0) is 12.1 Å². The Morgan fingerprint density at radius 1 is 1.08 bits per heavy atom. The first kappa shape index (κ1) is 10.9. The van der Waals surface area contributed by atoms with Gasteiger partial charge >= 0.3 is 0 Å². The lowest BCUT2D eigenvalue weighted by Crippen LogP contribution is -1.85. The average molecular weight is 169 g/mol. The minimum Gasteiger partial charge on any atom is -0.394 e. The maximum Gasteiger partial charge on any atom is 0.0662 e. The highest BCUT2D eigenvalue weighted by atomic mass is 16.3. The van der Waals surface area contributed by atoms with Crippen LogP contribution in [0.2, 0.25) is 0 Å². The van der Waals surface area contributed by atoms with E-state index >= 15 is 0 Å². The molecular formula is C9H15NO2. The van der Waals surface area contributed by atoms with E-state index in [-0.39, 0.29) is 13.2 Å². The fourth-order valence-corrected chi connectivity index (χ4v) is 0.605. The van der Waals surface area contributed by atoms with E-state index in [9.17, 15) is 0 Å². The number of hydrogen-bond acceptors (Lipinski definition) is 3. The van der Waals surface area contributed by atoms with Crippen LogP contribution in [0.3, 0.4) is 0 Å². The molecule has 0 amide bonds. The molecule has 0 aliphatic heterocycles. The van der Waals surface area contributed by atoms with Crippen LogP contribution in [0.1, 0.15) is 0 Å². The molecule has 0 atom stereocenters. The van der Waals surface area contributed by atoms with E-state index in [1.807, 2.05) is 37.4 Å². The lowest BCUT2D eigenvalue weighted by Gasteiger charge is -1.94. The van der Waals surface area contributed by atoms with Crippen molar-refractivity contribution in [3.05, 3.63) is 30.3 Å². The Kier molecular flexibility index (Phi) is 7.33. The molecule has 3 N–H and O–H groups in total. The van der Waals surface area contributed by atoms with Crippen molar-refractivity contribution in [3.63, 3.8) is 0 Å². The molecule has 3 nitrogen and oxygen atoms in total. The molecule has 12 heavy (non-hydrogen) atoms. The second-order valence-electron chi connectivity index (χ2n) is 2.06. The standard InChI is InChI=1S/C7H9N.C2H6O2/c1-8-7-5-3-2-4-6-7;3-1-2-4/h2-6,8H,1H3;3-4H,1-2H2. The van der Waals surface area contributed by atoms with E-state index in [2.05, 4.69) is 5.32 Å². The third-order valence-corrected chi connectivity index (χ3v) is 1.16. The van der Waals surface area contributed by atoms with Gasteiger partial charge in [-0.3, -0.25) is 0 Å². The predicted molar refractivity (Wildman–Crippen MR) is 50.2 cm³/mol. The lowest BCUT2D eigenvalue weighted by atomic mass is 10.3. The summed E-state index contributed by atoms with van der Waals surface area (Å²) in [6.07, 6.45) is 0. The average Bonchev–Trinajstić information content (AvgIpc) is 2.19. The van der Waals surface area contributed by atoms with Gasteiger partial charge in [-0.1, -0.05) is 18.2 Å². The summed E-state index contributed by atoms with van der Waals surface area (Å²) in [7, 11) is 1.91. The first-order valence-electron chi connectivity index (χ1n) is 3.79. The monoisotopic (exact) mass is 169 g/mol. The Morgan fingerprint density at radius 2 is 1.58 bits per heavy atom. The molecule has 0 aliphatic carbocycles. The van der Waals surface area contributed by atoms with Crippen LogP contribution in [0.15, 0.2) is 30.3 Å². The minimum absolute atomic E-state index is 0.125. The van der Waals surface area contributed by atoms with Gasteiger partial charge in [0.25, 0.3) is 0 Å². The molecule has 0 aromatic heterocycles. The highest BCUT2D eigenvalue weighted by molar-refractivity contribution is 5.41. The maximum atomic E-state index is 7.62. The van der Waals surface area contributed by atoms with Crippen LogP contribution < -0.4 is 5.32 Å². The van der Waals surface area contributed by atoms with Gasteiger partial charge in [0.2, 0.25) is 0 Å². The number of rotatable bonds is 2. The number of benzene rings is 1. The van der Waals surface area contributed by atoms with Crippen molar-refractivity contribution in [3.8, 4) is 0 Å². The first-order chi connectivity index (χ1) is 5.85. The van der Waals surface area contributed by atoms with Crippen LogP contribution in [-0.4, -0.2) is 30.5 Å². The quantitative estimate of drug-likeness (QED) is 0.611. The summed E-state index contributed by atoms with van der Waals surface area (Å²) in [6, 6.07) is 10.1. The number of aliphatic hydroxyl groups excluding tert-OH is 2. The first-order valence-corrected chi connectivity index (χ1v) is 3.79. The largest absolute Gasteiger partial charge is 0.394 e. The van der Waals surface area contributed by atoms with Crippen LogP contribution >= 0.6 is 0 Å². The molecule has 0 saturated heterocycles. The van der Waals surface area contributed by atoms with Crippen LogP contribution in [0, 0.1) is 0 Å². The zero-order valence-corrected chi connectivity index (χ0v) is 7.20. The Balaban J connectivity index is 0.000000261. The molecule has 0 aliphatic rings. The minimum atomic E-state index is -0.125. The molecule has 0 unspecified atom stereocenters. The normalized spacial score (nSPS) is 8.25.